The molecule has 2 amide bonds. The zero-order valence-electron chi connectivity index (χ0n) is 14.1. The Morgan fingerprint density at radius 2 is 1.96 bits per heavy atom. The molecule has 0 aliphatic rings. The Morgan fingerprint density at radius 1 is 1.26 bits per heavy atom. The summed E-state index contributed by atoms with van der Waals surface area (Å²) in [4.78, 5) is 16.0. The Morgan fingerprint density at radius 3 is 2.57 bits per heavy atom. The highest BCUT2D eigenvalue weighted by Gasteiger charge is 2.16. The quantitative estimate of drug-likeness (QED) is 0.771. The molecule has 0 aliphatic heterocycles. The third-order valence-electron chi connectivity index (χ3n) is 3.20. The average Bonchev–Trinajstić information content (AvgIpc) is 2.46. The van der Waals surface area contributed by atoms with Gasteiger partial charge in [-0.1, -0.05) is 23.2 Å². The van der Waals surface area contributed by atoms with Gasteiger partial charge in [0, 0.05) is 30.2 Å². The van der Waals surface area contributed by atoms with Crippen molar-refractivity contribution in [3.8, 4) is 5.75 Å². The van der Waals surface area contributed by atoms with Gasteiger partial charge in [-0.05, 0) is 40.1 Å². The van der Waals surface area contributed by atoms with Crippen LogP contribution in [-0.4, -0.2) is 62.2 Å². The molecule has 0 spiro atoms. The molecule has 0 atom stereocenters. The van der Waals surface area contributed by atoms with Crippen LogP contribution in [0.4, 0.5) is 4.79 Å². The Kier molecular flexibility index (Phi) is 8.52. The molecule has 0 fully saturated rings. The number of urea groups is 1. The summed E-state index contributed by atoms with van der Waals surface area (Å²) in [5.74, 6) is 0.524. The molecule has 1 rings (SSSR count). The van der Waals surface area contributed by atoms with Crippen LogP contribution in [0.3, 0.4) is 0 Å². The van der Waals surface area contributed by atoms with E-state index in [4.69, 9.17) is 27.9 Å². The molecule has 0 saturated heterocycles. The third-order valence-corrected chi connectivity index (χ3v) is 3.75. The lowest BCUT2D eigenvalue weighted by molar-refractivity contribution is 0.165. The van der Waals surface area contributed by atoms with Crippen LogP contribution in [-0.2, 0) is 0 Å². The van der Waals surface area contributed by atoms with Crippen LogP contribution in [0.1, 0.15) is 13.8 Å². The second-order valence-electron chi connectivity index (χ2n) is 5.75. The van der Waals surface area contributed by atoms with E-state index in [1.807, 2.05) is 32.8 Å². The highest BCUT2D eigenvalue weighted by atomic mass is 35.5. The minimum Gasteiger partial charge on any atom is -0.490 e. The van der Waals surface area contributed by atoms with Gasteiger partial charge in [-0.3, -0.25) is 0 Å². The number of hydrogen-bond acceptors (Lipinski definition) is 3. The van der Waals surface area contributed by atoms with Gasteiger partial charge in [0.05, 0.1) is 11.6 Å². The molecule has 1 N–H and O–H groups in total. The van der Waals surface area contributed by atoms with Crippen molar-refractivity contribution in [3.05, 3.63) is 28.2 Å². The third kappa shape index (κ3) is 7.29. The molecule has 0 radical (unpaired) electrons. The lowest BCUT2D eigenvalue weighted by Crippen LogP contribution is -2.47. The lowest BCUT2D eigenvalue weighted by Gasteiger charge is -2.27. The summed E-state index contributed by atoms with van der Waals surface area (Å²) >= 11 is 12.0. The van der Waals surface area contributed by atoms with Gasteiger partial charge in [0.25, 0.3) is 0 Å². The van der Waals surface area contributed by atoms with Gasteiger partial charge in [0.1, 0.15) is 12.4 Å². The number of carbonyl (C=O) groups is 1. The summed E-state index contributed by atoms with van der Waals surface area (Å²) in [7, 11) is 3.93. The second kappa shape index (κ2) is 9.85. The standard InChI is InChI=1S/C16H25Cl2N3O2/c1-12(2)21(16(22)19-7-8-20(3)4)9-10-23-15-11-13(17)5-6-14(15)18/h5-6,11-12H,7-10H2,1-4H3,(H,19,22). The molecule has 0 heterocycles. The Balaban J connectivity index is 2.49. The number of nitrogens with zero attached hydrogens (tertiary/aromatic N) is 2. The van der Waals surface area contributed by atoms with E-state index >= 15 is 0 Å². The van der Waals surface area contributed by atoms with Gasteiger partial charge in [-0.15, -0.1) is 0 Å². The molecular formula is C16H25Cl2N3O2. The van der Waals surface area contributed by atoms with Crippen LogP contribution in [0.5, 0.6) is 5.75 Å². The zero-order valence-corrected chi connectivity index (χ0v) is 15.6. The molecule has 5 nitrogen and oxygen atoms in total. The highest BCUT2D eigenvalue weighted by Crippen LogP contribution is 2.27. The normalized spacial score (nSPS) is 11.0. The van der Waals surface area contributed by atoms with Gasteiger partial charge < -0.3 is 19.9 Å². The molecule has 130 valence electrons. The maximum absolute atomic E-state index is 12.2. The summed E-state index contributed by atoms with van der Waals surface area (Å²) in [5.41, 5.74) is 0. The molecule has 0 aliphatic carbocycles. The number of ether oxygens (including phenoxy) is 1. The van der Waals surface area contributed by atoms with Crippen molar-refractivity contribution in [1.29, 1.82) is 0 Å². The minimum atomic E-state index is -0.0948. The Bertz CT molecular complexity index is 510. The van der Waals surface area contributed by atoms with Gasteiger partial charge >= 0.3 is 6.03 Å². The van der Waals surface area contributed by atoms with E-state index in [0.29, 0.717) is 35.5 Å². The van der Waals surface area contributed by atoms with Crippen LogP contribution in [0, 0.1) is 0 Å². The predicted octanol–water partition coefficient (Wildman–Crippen LogP) is 3.35. The smallest absolute Gasteiger partial charge is 0.317 e. The van der Waals surface area contributed by atoms with Gasteiger partial charge in [0.15, 0.2) is 0 Å². The van der Waals surface area contributed by atoms with Crippen LogP contribution in [0.25, 0.3) is 0 Å². The summed E-state index contributed by atoms with van der Waals surface area (Å²) in [6, 6.07) is 5.04. The topological polar surface area (TPSA) is 44.8 Å². The zero-order chi connectivity index (χ0) is 17.4. The molecule has 1 aromatic carbocycles. The monoisotopic (exact) mass is 361 g/mol. The maximum atomic E-state index is 12.2. The van der Waals surface area contributed by atoms with Crippen molar-refractivity contribution in [2.45, 2.75) is 19.9 Å². The number of amides is 2. The largest absolute Gasteiger partial charge is 0.490 e. The molecule has 0 unspecified atom stereocenters. The maximum Gasteiger partial charge on any atom is 0.317 e. The fourth-order valence-electron chi connectivity index (χ4n) is 1.92. The molecule has 7 heteroatoms. The van der Waals surface area contributed by atoms with E-state index < -0.39 is 0 Å². The number of halogens is 2. The lowest BCUT2D eigenvalue weighted by atomic mass is 10.3. The van der Waals surface area contributed by atoms with E-state index in [-0.39, 0.29) is 12.1 Å². The van der Waals surface area contributed by atoms with E-state index in [9.17, 15) is 4.79 Å². The van der Waals surface area contributed by atoms with Crippen molar-refractivity contribution < 1.29 is 9.53 Å². The fourth-order valence-corrected chi connectivity index (χ4v) is 2.26. The summed E-state index contributed by atoms with van der Waals surface area (Å²) in [6.07, 6.45) is 0. The Hall–Kier alpha value is -1.17. The van der Waals surface area contributed by atoms with Crippen molar-refractivity contribution >= 4 is 29.2 Å². The SMILES string of the molecule is CC(C)N(CCOc1cc(Cl)ccc1Cl)C(=O)NCCN(C)C. The highest BCUT2D eigenvalue weighted by molar-refractivity contribution is 6.34. The predicted molar refractivity (Wildman–Crippen MR) is 95.8 cm³/mol. The van der Waals surface area contributed by atoms with E-state index in [1.165, 1.54) is 0 Å². The summed E-state index contributed by atoms with van der Waals surface area (Å²) < 4.78 is 5.64. The first-order valence-electron chi connectivity index (χ1n) is 7.58. The van der Waals surface area contributed by atoms with Crippen molar-refractivity contribution in [2.24, 2.45) is 0 Å². The number of benzene rings is 1. The first-order valence-corrected chi connectivity index (χ1v) is 8.34. The summed E-state index contributed by atoms with van der Waals surface area (Å²) in [5, 5.41) is 3.97. The summed E-state index contributed by atoms with van der Waals surface area (Å²) in [6.45, 7) is 6.16. The number of nitrogens with one attached hydrogen (secondary N) is 1. The van der Waals surface area contributed by atoms with Crippen LogP contribution in [0.15, 0.2) is 18.2 Å². The average molecular weight is 362 g/mol. The number of rotatable bonds is 8. The van der Waals surface area contributed by atoms with Crippen molar-refractivity contribution in [2.75, 3.05) is 40.3 Å². The van der Waals surface area contributed by atoms with Crippen molar-refractivity contribution in [3.63, 3.8) is 0 Å². The van der Waals surface area contributed by atoms with Gasteiger partial charge in [-0.25, -0.2) is 4.79 Å². The van der Waals surface area contributed by atoms with E-state index in [0.717, 1.165) is 6.54 Å². The van der Waals surface area contributed by atoms with Crippen LogP contribution in [0.2, 0.25) is 10.0 Å². The van der Waals surface area contributed by atoms with E-state index in [1.54, 1.807) is 23.1 Å². The fraction of sp³-hybridized carbons (Fsp3) is 0.562. The van der Waals surface area contributed by atoms with Crippen LogP contribution >= 0.6 is 23.2 Å². The number of likely N-dealkylation sites (N-methyl/N-ethyl adjacent to an activating group) is 1. The van der Waals surface area contributed by atoms with Gasteiger partial charge in [-0.2, -0.15) is 0 Å². The number of carbonyl (C=O) groups excluding carboxylic acids is 1. The Labute approximate surface area is 148 Å². The van der Waals surface area contributed by atoms with E-state index in [2.05, 4.69) is 5.32 Å². The molecule has 0 saturated carbocycles. The van der Waals surface area contributed by atoms with Crippen LogP contribution < -0.4 is 10.1 Å². The molecule has 0 aromatic heterocycles. The molecule has 23 heavy (non-hydrogen) atoms. The van der Waals surface area contributed by atoms with Gasteiger partial charge in [0.2, 0.25) is 0 Å². The number of hydrogen-bond donors (Lipinski definition) is 1. The van der Waals surface area contributed by atoms with Crippen molar-refractivity contribution in [1.82, 2.24) is 15.1 Å². The molecular weight excluding hydrogens is 337 g/mol. The molecule has 0 bridgehead atoms. The second-order valence-corrected chi connectivity index (χ2v) is 6.59. The minimum absolute atomic E-state index is 0.0767. The first kappa shape index (κ1) is 19.9. The first-order chi connectivity index (χ1) is 10.8. The molecule has 1 aromatic rings.